The molecule has 1 N–H and O–H groups in total. The van der Waals surface area contributed by atoms with Gasteiger partial charge in [0.2, 0.25) is 0 Å². The predicted molar refractivity (Wildman–Crippen MR) is 84.6 cm³/mol. The molecule has 0 aliphatic carbocycles. The minimum absolute atomic E-state index is 0.219. The second-order valence-corrected chi connectivity index (χ2v) is 7.40. The molecule has 112 valence electrons. The quantitative estimate of drug-likeness (QED) is 0.919. The normalized spacial score (nSPS) is 28.6. The Bertz CT molecular complexity index is 424. The van der Waals surface area contributed by atoms with Gasteiger partial charge in [-0.1, -0.05) is 33.8 Å². The van der Waals surface area contributed by atoms with Crippen molar-refractivity contribution in [2.24, 2.45) is 5.41 Å². The number of pyridine rings is 1. The van der Waals surface area contributed by atoms with Crippen LogP contribution >= 0.6 is 0 Å². The van der Waals surface area contributed by atoms with Gasteiger partial charge in [-0.2, -0.15) is 0 Å². The van der Waals surface area contributed by atoms with Crippen LogP contribution in [0.4, 0.5) is 0 Å². The molecule has 3 nitrogen and oxygen atoms in total. The molecule has 1 aromatic heterocycles. The molecule has 2 unspecified atom stereocenters. The number of nitrogens with zero attached hydrogens (tertiary/aromatic N) is 2. The Morgan fingerprint density at radius 3 is 2.70 bits per heavy atom. The predicted octanol–water partition coefficient (Wildman–Crippen LogP) is 3.07. The highest BCUT2D eigenvalue weighted by molar-refractivity contribution is 5.06. The summed E-state index contributed by atoms with van der Waals surface area (Å²) in [7, 11) is 0. The van der Waals surface area contributed by atoms with E-state index in [-0.39, 0.29) is 11.0 Å². The average molecular weight is 275 g/mol. The highest BCUT2D eigenvalue weighted by atomic mass is 15.3. The van der Waals surface area contributed by atoms with E-state index in [1.807, 2.05) is 12.3 Å². The lowest BCUT2D eigenvalue weighted by molar-refractivity contribution is 0.0196. The lowest BCUT2D eigenvalue weighted by Crippen LogP contribution is -2.65. The molecule has 2 heterocycles. The summed E-state index contributed by atoms with van der Waals surface area (Å²) in [6.45, 7) is 14.7. The molecular formula is C17H29N3. The fourth-order valence-corrected chi connectivity index (χ4v) is 3.04. The number of aromatic nitrogens is 1. The van der Waals surface area contributed by atoms with Crippen molar-refractivity contribution in [1.29, 1.82) is 0 Å². The minimum atomic E-state index is 0.219. The van der Waals surface area contributed by atoms with Crippen molar-refractivity contribution < 1.29 is 0 Å². The molecule has 3 heteroatoms. The second-order valence-electron chi connectivity index (χ2n) is 7.40. The van der Waals surface area contributed by atoms with Gasteiger partial charge < -0.3 is 5.32 Å². The summed E-state index contributed by atoms with van der Waals surface area (Å²) >= 11 is 0. The number of hydrogen-bond acceptors (Lipinski definition) is 3. The highest BCUT2D eigenvalue weighted by Gasteiger charge is 2.39. The van der Waals surface area contributed by atoms with Gasteiger partial charge in [-0.3, -0.25) is 9.88 Å². The van der Waals surface area contributed by atoms with E-state index in [1.54, 1.807) is 0 Å². The molecule has 0 bridgehead atoms. The Kier molecular flexibility index (Phi) is 4.50. The molecule has 0 amide bonds. The fraction of sp³-hybridized carbons (Fsp3) is 0.706. The zero-order chi connectivity index (χ0) is 14.8. The first-order chi connectivity index (χ1) is 9.34. The second kappa shape index (κ2) is 5.82. The van der Waals surface area contributed by atoms with Crippen LogP contribution in [0.2, 0.25) is 0 Å². The molecule has 20 heavy (non-hydrogen) atoms. The van der Waals surface area contributed by atoms with Crippen LogP contribution in [0.3, 0.4) is 0 Å². The largest absolute Gasteiger partial charge is 0.309 e. The van der Waals surface area contributed by atoms with Crippen molar-refractivity contribution >= 4 is 0 Å². The van der Waals surface area contributed by atoms with E-state index in [0.717, 1.165) is 26.1 Å². The van der Waals surface area contributed by atoms with Crippen molar-refractivity contribution in [1.82, 2.24) is 15.2 Å². The van der Waals surface area contributed by atoms with E-state index in [1.165, 1.54) is 5.69 Å². The van der Waals surface area contributed by atoms with Gasteiger partial charge in [0.15, 0.2) is 0 Å². The fourth-order valence-electron chi connectivity index (χ4n) is 3.04. The number of piperazine rings is 1. The van der Waals surface area contributed by atoms with Crippen molar-refractivity contribution in [2.45, 2.75) is 59.2 Å². The third kappa shape index (κ3) is 3.58. The van der Waals surface area contributed by atoms with Crippen LogP contribution in [0, 0.1) is 5.41 Å². The topological polar surface area (TPSA) is 28.2 Å². The van der Waals surface area contributed by atoms with E-state index >= 15 is 0 Å². The number of rotatable bonds is 3. The van der Waals surface area contributed by atoms with Gasteiger partial charge in [0.25, 0.3) is 0 Å². The smallest absolute Gasteiger partial charge is 0.0544 e. The van der Waals surface area contributed by atoms with Crippen molar-refractivity contribution in [3.8, 4) is 0 Å². The molecular weight excluding hydrogens is 246 g/mol. The van der Waals surface area contributed by atoms with Crippen LogP contribution in [-0.2, 0) is 6.54 Å². The maximum absolute atomic E-state index is 4.50. The highest BCUT2D eigenvalue weighted by Crippen LogP contribution is 2.30. The molecule has 1 fully saturated rings. The monoisotopic (exact) mass is 275 g/mol. The number of hydrogen-bond donors (Lipinski definition) is 1. The Morgan fingerprint density at radius 2 is 2.15 bits per heavy atom. The Morgan fingerprint density at radius 1 is 1.40 bits per heavy atom. The summed E-state index contributed by atoms with van der Waals surface area (Å²) in [6, 6.07) is 6.74. The first-order valence-electron chi connectivity index (χ1n) is 7.73. The summed E-state index contributed by atoms with van der Waals surface area (Å²) in [6.07, 6.45) is 3.05. The molecule has 1 saturated heterocycles. The molecule has 0 radical (unpaired) electrons. The molecule has 1 aromatic rings. The molecule has 0 spiro atoms. The number of nitrogens with one attached hydrogen (secondary N) is 1. The van der Waals surface area contributed by atoms with Gasteiger partial charge >= 0.3 is 0 Å². The van der Waals surface area contributed by atoms with Crippen LogP contribution in [-0.4, -0.2) is 34.6 Å². The third-order valence-corrected chi connectivity index (χ3v) is 4.59. The summed E-state index contributed by atoms with van der Waals surface area (Å²) in [4.78, 5) is 7.11. The Labute approximate surface area is 123 Å². The molecule has 0 saturated carbocycles. The van der Waals surface area contributed by atoms with Gasteiger partial charge in [-0.05, 0) is 30.9 Å². The maximum atomic E-state index is 4.50. The average Bonchev–Trinajstić information content (AvgIpc) is 2.38. The summed E-state index contributed by atoms with van der Waals surface area (Å²) in [5.74, 6) is 0. The third-order valence-electron chi connectivity index (χ3n) is 4.59. The van der Waals surface area contributed by atoms with Gasteiger partial charge in [-0.25, -0.2) is 0 Å². The molecule has 0 aromatic carbocycles. The van der Waals surface area contributed by atoms with Crippen LogP contribution in [0.5, 0.6) is 0 Å². The van der Waals surface area contributed by atoms with Gasteiger partial charge in [0.05, 0.1) is 5.69 Å². The SMILES string of the molecule is CCC1(C)CN(Cc2ccccn2)C(C(C)(C)C)CN1. The van der Waals surface area contributed by atoms with Gasteiger partial charge in [0.1, 0.15) is 0 Å². The molecule has 2 rings (SSSR count). The Balaban J connectivity index is 2.18. The van der Waals surface area contributed by atoms with Crippen molar-refractivity contribution in [3.05, 3.63) is 30.1 Å². The van der Waals surface area contributed by atoms with E-state index < -0.39 is 0 Å². The first kappa shape index (κ1) is 15.5. The van der Waals surface area contributed by atoms with Crippen molar-refractivity contribution in [3.63, 3.8) is 0 Å². The first-order valence-corrected chi connectivity index (χ1v) is 7.73. The lowest BCUT2D eigenvalue weighted by Gasteiger charge is -2.50. The zero-order valence-corrected chi connectivity index (χ0v) is 13.6. The van der Waals surface area contributed by atoms with Gasteiger partial charge in [-0.15, -0.1) is 0 Å². The lowest BCUT2D eigenvalue weighted by atomic mass is 9.81. The van der Waals surface area contributed by atoms with Gasteiger partial charge in [0, 0.05) is 37.4 Å². The van der Waals surface area contributed by atoms with E-state index in [0.29, 0.717) is 6.04 Å². The standard InChI is InChI=1S/C17H29N3/c1-6-17(5)13-20(12-14-9-7-8-10-18-14)15(11-19-17)16(2,3)4/h7-10,15,19H,6,11-13H2,1-5H3. The molecule has 1 aliphatic heterocycles. The van der Waals surface area contributed by atoms with Crippen LogP contribution in [0.1, 0.15) is 46.7 Å². The summed E-state index contributed by atoms with van der Waals surface area (Å²) in [5, 5.41) is 3.76. The maximum Gasteiger partial charge on any atom is 0.0544 e. The summed E-state index contributed by atoms with van der Waals surface area (Å²) < 4.78 is 0. The van der Waals surface area contributed by atoms with E-state index in [2.05, 4.69) is 62.0 Å². The van der Waals surface area contributed by atoms with E-state index in [4.69, 9.17) is 0 Å². The van der Waals surface area contributed by atoms with Crippen LogP contribution in [0.25, 0.3) is 0 Å². The zero-order valence-electron chi connectivity index (χ0n) is 13.6. The Hall–Kier alpha value is -0.930. The molecule has 1 aliphatic rings. The van der Waals surface area contributed by atoms with Crippen molar-refractivity contribution in [2.75, 3.05) is 13.1 Å². The van der Waals surface area contributed by atoms with Crippen LogP contribution < -0.4 is 5.32 Å². The molecule has 2 atom stereocenters. The minimum Gasteiger partial charge on any atom is -0.309 e. The van der Waals surface area contributed by atoms with E-state index in [9.17, 15) is 0 Å². The van der Waals surface area contributed by atoms with Crippen LogP contribution in [0.15, 0.2) is 24.4 Å². The summed E-state index contributed by atoms with van der Waals surface area (Å²) in [5.41, 5.74) is 1.66.